The molecule has 1 N–H and O–H groups in total. The number of hydrogen-bond acceptors (Lipinski definition) is 2. The first-order valence-electron chi connectivity index (χ1n) is 2.36. The molecule has 0 radical (unpaired) electrons. The van der Waals surface area contributed by atoms with Gasteiger partial charge in [-0.3, -0.25) is 4.78 Å². The lowest BCUT2D eigenvalue weighted by molar-refractivity contribution is 0.676. The summed E-state index contributed by atoms with van der Waals surface area (Å²) in [7, 11) is -2.16. The third kappa shape index (κ3) is 2.62. The molecule has 0 unspecified atom stereocenters. The molecule has 0 fully saturated rings. The second-order valence-corrected chi connectivity index (χ2v) is 4.17. The van der Waals surface area contributed by atoms with Gasteiger partial charge in [-0.05, 0) is 0 Å². The molecule has 7 heavy (non-hydrogen) atoms. The van der Waals surface area contributed by atoms with Gasteiger partial charge in [0.1, 0.15) is 0 Å². The minimum atomic E-state index is -2.16. The van der Waals surface area contributed by atoms with Crippen LogP contribution < -0.4 is 0 Å². The molecule has 0 amide bonds. The van der Waals surface area contributed by atoms with Crippen LogP contribution in [0.4, 0.5) is 0 Å². The molecule has 0 spiro atoms. The van der Waals surface area contributed by atoms with Crippen LogP contribution in [0.1, 0.15) is 13.8 Å². The van der Waals surface area contributed by atoms with Gasteiger partial charge in [-0.15, -0.1) is 0 Å². The van der Waals surface area contributed by atoms with Crippen molar-refractivity contribution in [1.82, 2.24) is 0 Å². The summed E-state index contributed by atoms with van der Waals surface area (Å²) in [5.41, 5.74) is 0. The minimum absolute atomic E-state index is 0.490. The quantitative estimate of drug-likeness (QED) is 0.583. The molecule has 0 aromatic carbocycles. The molecule has 44 valence electrons. The van der Waals surface area contributed by atoms with Gasteiger partial charge < -0.3 is 0 Å². The van der Waals surface area contributed by atoms with Crippen LogP contribution in [0, 0.1) is 4.78 Å². The number of hydrogen-bond donors (Lipinski definition) is 1. The maximum absolute atomic E-state index is 10.6. The zero-order valence-electron chi connectivity index (χ0n) is 4.73. The van der Waals surface area contributed by atoms with Crippen molar-refractivity contribution in [2.24, 2.45) is 0 Å². The van der Waals surface area contributed by atoms with Crippen molar-refractivity contribution in [3.8, 4) is 0 Å². The van der Waals surface area contributed by atoms with Gasteiger partial charge in [0.05, 0.1) is 0 Å². The molecule has 0 aromatic heterocycles. The first-order valence-corrected chi connectivity index (χ1v) is 4.26. The van der Waals surface area contributed by atoms with Crippen molar-refractivity contribution in [3.05, 3.63) is 0 Å². The maximum atomic E-state index is 10.6. The van der Waals surface area contributed by atoms with Gasteiger partial charge in [-0.2, -0.15) is 0 Å². The highest BCUT2D eigenvalue weighted by Gasteiger charge is 1.93. The van der Waals surface area contributed by atoms with Gasteiger partial charge in [0, 0.05) is 21.2 Å². The Labute approximate surface area is 44.9 Å². The summed E-state index contributed by atoms with van der Waals surface area (Å²) < 4.78 is 17.5. The molecule has 0 aliphatic rings. The Balaban J connectivity index is 3.89. The number of nitrogens with one attached hydrogen (secondary N) is 1. The summed E-state index contributed by atoms with van der Waals surface area (Å²) in [6.07, 6.45) is 0. The molecule has 0 aliphatic carbocycles. The summed E-state index contributed by atoms with van der Waals surface area (Å²) in [4.78, 5) is 0. The minimum Gasteiger partial charge on any atom is -0.253 e. The van der Waals surface area contributed by atoms with Gasteiger partial charge in [0.15, 0.2) is 0 Å². The lowest BCUT2D eigenvalue weighted by Crippen LogP contribution is -2.02. The van der Waals surface area contributed by atoms with Gasteiger partial charge in [-0.1, -0.05) is 13.8 Å². The van der Waals surface area contributed by atoms with E-state index in [1.54, 1.807) is 13.8 Å². The highest BCUT2D eigenvalue weighted by Crippen LogP contribution is 1.86. The SMILES string of the molecule is CCS(=N)(=O)CC. The fourth-order valence-electron chi connectivity index (χ4n) is 0.204. The molecule has 0 saturated carbocycles. The van der Waals surface area contributed by atoms with Crippen molar-refractivity contribution in [2.75, 3.05) is 11.5 Å². The van der Waals surface area contributed by atoms with Crippen LogP contribution in [0.15, 0.2) is 0 Å². The van der Waals surface area contributed by atoms with Crippen molar-refractivity contribution < 1.29 is 4.21 Å². The van der Waals surface area contributed by atoms with Gasteiger partial charge in [-0.25, -0.2) is 4.21 Å². The predicted molar refractivity (Wildman–Crippen MR) is 31.9 cm³/mol. The van der Waals surface area contributed by atoms with Gasteiger partial charge >= 0.3 is 0 Å². The van der Waals surface area contributed by atoms with Crippen LogP contribution in [0.3, 0.4) is 0 Å². The maximum Gasteiger partial charge on any atom is 0.0436 e. The monoisotopic (exact) mass is 121 g/mol. The Morgan fingerprint density at radius 1 is 1.43 bits per heavy atom. The van der Waals surface area contributed by atoms with E-state index in [9.17, 15) is 4.21 Å². The first-order chi connectivity index (χ1) is 3.12. The smallest absolute Gasteiger partial charge is 0.0436 e. The van der Waals surface area contributed by atoms with Crippen molar-refractivity contribution in [1.29, 1.82) is 4.78 Å². The Bertz CT molecular complexity index is 115. The summed E-state index contributed by atoms with van der Waals surface area (Å²) in [5.74, 6) is 0.979. The highest BCUT2D eigenvalue weighted by molar-refractivity contribution is 7.92. The molecule has 0 rings (SSSR count). The largest absolute Gasteiger partial charge is 0.253 e. The molecular weight excluding hydrogens is 110 g/mol. The third-order valence-corrected chi connectivity index (χ3v) is 2.80. The summed E-state index contributed by atoms with van der Waals surface area (Å²) in [6.45, 7) is 3.55. The molecule has 0 heterocycles. The van der Waals surface area contributed by atoms with E-state index < -0.39 is 9.73 Å². The third-order valence-electron chi connectivity index (χ3n) is 0.933. The fourth-order valence-corrected chi connectivity index (χ4v) is 0.612. The van der Waals surface area contributed by atoms with Crippen molar-refractivity contribution in [3.63, 3.8) is 0 Å². The Morgan fingerprint density at radius 3 is 1.71 bits per heavy atom. The molecule has 3 heteroatoms. The Kier molecular flexibility index (Phi) is 2.29. The van der Waals surface area contributed by atoms with Crippen LogP contribution in [0.5, 0.6) is 0 Å². The molecule has 0 aromatic rings. The zero-order chi connectivity index (χ0) is 5.91. The predicted octanol–water partition coefficient (Wildman–Crippen LogP) is 1.07. The van der Waals surface area contributed by atoms with E-state index in [4.69, 9.17) is 4.78 Å². The molecular formula is C4H11NOS. The molecule has 2 nitrogen and oxygen atoms in total. The summed E-state index contributed by atoms with van der Waals surface area (Å²) in [6, 6.07) is 0. The second kappa shape index (κ2) is 2.31. The van der Waals surface area contributed by atoms with E-state index in [-0.39, 0.29) is 0 Å². The van der Waals surface area contributed by atoms with Crippen molar-refractivity contribution in [2.45, 2.75) is 13.8 Å². The lowest BCUT2D eigenvalue weighted by Gasteiger charge is -1.94. The van der Waals surface area contributed by atoms with Crippen LogP contribution >= 0.6 is 0 Å². The van der Waals surface area contributed by atoms with E-state index in [1.165, 1.54) is 0 Å². The average molecular weight is 121 g/mol. The topological polar surface area (TPSA) is 40.9 Å². The normalized spacial score (nSPS) is 11.7. The van der Waals surface area contributed by atoms with E-state index >= 15 is 0 Å². The van der Waals surface area contributed by atoms with Gasteiger partial charge in [0.2, 0.25) is 0 Å². The molecule has 0 saturated heterocycles. The lowest BCUT2D eigenvalue weighted by atomic mass is 11.0. The van der Waals surface area contributed by atoms with Crippen LogP contribution in [0.25, 0.3) is 0 Å². The Morgan fingerprint density at radius 2 is 1.71 bits per heavy atom. The van der Waals surface area contributed by atoms with E-state index in [1.807, 2.05) is 0 Å². The summed E-state index contributed by atoms with van der Waals surface area (Å²) >= 11 is 0. The molecule has 0 aliphatic heterocycles. The van der Waals surface area contributed by atoms with E-state index in [0.717, 1.165) is 0 Å². The molecule has 0 bridgehead atoms. The highest BCUT2D eigenvalue weighted by atomic mass is 32.2. The second-order valence-electron chi connectivity index (χ2n) is 1.39. The molecule has 0 atom stereocenters. The Hall–Kier alpha value is -0.0500. The van der Waals surface area contributed by atoms with Crippen LogP contribution in [-0.2, 0) is 9.73 Å². The van der Waals surface area contributed by atoms with E-state index in [0.29, 0.717) is 11.5 Å². The standard InChI is InChI=1S/C4H11NOS/c1-3-7(5,6)4-2/h5H,3-4H2,1-2H3. The van der Waals surface area contributed by atoms with Gasteiger partial charge in [0.25, 0.3) is 0 Å². The average Bonchev–Trinajstić information content (AvgIpc) is 1.68. The fraction of sp³-hybridized carbons (Fsp3) is 1.00. The van der Waals surface area contributed by atoms with Crippen molar-refractivity contribution >= 4 is 9.73 Å². The number of rotatable bonds is 2. The van der Waals surface area contributed by atoms with E-state index in [2.05, 4.69) is 0 Å². The zero-order valence-corrected chi connectivity index (χ0v) is 5.55. The summed E-state index contributed by atoms with van der Waals surface area (Å²) in [5, 5.41) is 0. The van der Waals surface area contributed by atoms with Crippen LogP contribution in [0.2, 0.25) is 0 Å². The van der Waals surface area contributed by atoms with Crippen LogP contribution in [-0.4, -0.2) is 15.7 Å². The first kappa shape index (κ1) is 6.95.